The number of likely N-dealkylation sites (tertiary alicyclic amines) is 1. The Morgan fingerprint density at radius 1 is 1.21 bits per heavy atom. The number of amides is 2. The first kappa shape index (κ1) is 21.8. The van der Waals surface area contributed by atoms with Gasteiger partial charge in [0.25, 0.3) is 11.8 Å². The average molecular weight is 459 g/mol. The van der Waals surface area contributed by atoms with Crippen LogP contribution in [0.4, 0.5) is 0 Å². The molecular formula is C25H26N6O3. The van der Waals surface area contributed by atoms with E-state index >= 15 is 0 Å². The number of hydrogen-bond acceptors (Lipinski definition) is 5. The lowest BCUT2D eigenvalue weighted by Gasteiger charge is -2.20. The smallest absolute Gasteiger partial charge is 0.269 e. The molecule has 9 heteroatoms. The van der Waals surface area contributed by atoms with E-state index in [4.69, 9.17) is 5.73 Å². The lowest BCUT2D eigenvalue weighted by molar-refractivity contribution is -0.142. The maximum atomic E-state index is 12.3. The summed E-state index contributed by atoms with van der Waals surface area (Å²) in [6.45, 7) is 2.47. The van der Waals surface area contributed by atoms with Gasteiger partial charge >= 0.3 is 0 Å². The Labute approximate surface area is 196 Å². The number of nitrogens with two attached hydrogens (primary N) is 1. The summed E-state index contributed by atoms with van der Waals surface area (Å²) in [5, 5.41) is 15.9. The minimum atomic E-state index is -1.32. The summed E-state index contributed by atoms with van der Waals surface area (Å²) in [6.07, 6.45) is 4.94. The van der Waals surface area contributed by atoms with Gasteiger partial charge in [-0.3, -0.25) is 9.59 Å². The summed E-state index contributed by atoms with van der Waals surface area (Å²) in [7, 11) is 1.71. The molecule has 174 valence electrons. The van der Waals surface area contributed by atoms with E-state index in [9.17, 15) is 14.7 Å². The monoisotopic (exact) mass is 458 g/mol. The summed E-state index contributed by atoms with van der Waals surface area (Å²) >= 11 is 0. The highest BCUT2D eigenvalue weighted by Crippen LogP contribution is 2.29. The third kappa shape index (κ3) is 3.73. The van der Waals surface area contributed by atoms with Crippen molar-refractivity contribution in [3.05, 3.63) is 71.9 Å². The quantitative estimate of drug-likeness (QED) is 0.459. The second-order valence-electron chi connectivity index (χ2n) is 8.93. The largest absolute Gasteiger partial charge is 0.380 e. The van der Waals surface area contributed by atoms with Gasteiger partial charge in [-0.05, 0) is 55.7 Å². The normalized spacial score (nSPS) is 18.2. The topological polar surface area (TPSA) is 119 Å². The first-order valence-electron chi connectivity index (χ1n) is 11.2. The van der Waals surface area contributed by atoms with Crippen LogP contribution in [0.3, 0.4) is 0 Å². The van der Waals surface area contributed by atoms with Crippen molar-refractivity contribution < 1.29 is 14.7 Å². The van der Waals surface area contributed by atoms with E-state index in [0.717, 1.165) is 28.1 Å². The Morgan fingerprint density at radius 3 is 2.71 bits per heavy atom. The van der Waals surface area contributed by atoms with Gasteiger partial charge in [0.15, 0.2) is 5.69 Å². The van der Waals surface area contributed by atoms with Crippen LogP contribution in [-0.2, 0) is 11.2 Å². The van der Waals surface area contributed by atoms with Crippen molar-refractivity contribution in [2.45, 2.75) is 31.8 Å². The Bertz CT molecular complexity index is 1420. The molecule has 1 atom stereocenters. The highest BCUT2D eigenvalue weighted by molar-refractivity contribution is 6.05. The minimum Gasteiger partial charge on any atom is -0.380 e. The molecule has 0 bridgehead atoms. The number of hydrogen-bond donors (Lipinski definition) is 2. The molecule has 1 unspecified atom stereocenters. The summed E-state index contributed by atoms with van der Waals surface area (Å²) in [6, 6.07) is 13.4. The van der Waals surface area contributed by atoms with Gasteiger partial charge in [-0.25, -0.2) is 9.67 Å². The van der Waals surface area contributed by atoms with Gasteiger partial charge < -0.3 is 20.3 Å². The number of aromatic nitrogens is 4. The lowest BCUT2D eigenvalue weighted by atomic mass is 9.93. The Morgan fingerprint density at radius 2 is 2.03 bits per heavy atom. The molecule has 0 saturated carbocycles. The maximum Gasteiger partial charge on any atom is 0.269 e. The average Bonchev–Trinajstić information content (AvgIpc) is 3.50. The van der Waals surface area contributed by atoms with Crippen molar-refractivity contribution in [3.63, 3.8) is 0 Å². The molecule has 2 amide bonds. The van der Waals surface area contributed by atoms with Crippen LogP contribution in [-0.4, -0.2) is 60.3 Å². The van der Waals surface area contributed by atoms with Crippen LogP contribution in [0.5, 0.6) is 0 Å². The Kier molecular flexibility index (Phi) is 5.21. The number of fused-ring (bicyclic) bond motifs is 1. The minimum absolute atomic E-state index is 0.188. The Balaban J connectivity index is 1.49. The number of benzene rings is 2. The van der Waals surface area contributed by atoms with Crippen molar-refractivity contribution >= 4 is 22.7 Å². The van der Waals surface area contributed by atoms with Gasteiger partial charge in [0.2, 0.25) is 0 Å². The van der Waals surface area contributed by atoms with Crippen LogP contribution in [0.2, 0.25) is 0 Å². The van der Waals surface area contributed by atoms with Gasteiger partial charge in [0, 0.05) is 37.3 Å². The predicted molar refractivity (Wildman–Crippen MR) is 127 cm³/mol. The molecule has 2 aromatic carbocycles. The molecule has 1 saturated heterocycles. The maximum absolute atomic E-state index is 12.3. The molecule has 0 radical (unpaired) electrons. The first-order valence-corrected chi connectivity index (χ1v) is 11.2. The molecule has 0 spiro atoms. The van der Waals surface area contributed by atoms with E-state index in [-0.39, 0.29) is 11.6 Å². The van der Waals surface area contributed by atoms with E-state index in [2.05, 4.69) is 10.1 Å². The van der Waals surface area contributed by atoms with E-state index in [1.807, 2.05) is 60.2 Å². The van der Waals surface area contributed by atoms with E-state index in [1.54, 1.807) is 23.0 Å². The van der Waals surface area contributed by atoms with Gasteiger partial charge in [-0.1, -0.05) is 12.1 Å². The van der Waals surface area contributed by atoms with Crippen LogP contribution in [0.1, 0.15) is 34.6 Å². The lowest BCUT2D eigenvalue weighted by Crippen LogP contribution is -2.38. The van der Waals surface area contributed by atoms with Gasteiger partial charge in [-0.15, -0.1) is 0 Å². The van der Waals surface area contributed by atoms with Gasteiger partial charge in [0.1, 0.15) is 5.60 Å². The van der Waals surface area contributed by atoms with Crippen LogP contribution in [0, 0.1) is 6.92 Å². The van der Waals surface area contributed by atoms with Gasteiger partial charge in [-0.2, -0.15) is 5.10 Å². The van der Waals surface area contributed by atoms with Crippen molar-refractivity contribution in [2.24, 2.45) is 5.73 Å². The zero-order valence-electron chi connectivity index (χ0n) is 19.1. The molecule has 1 fully saturated rings. The number of imidazole rings is 1. The van der Waals surface area contributed by atoms with E-state index in [1.165, 1.54) is 0 Å². The summed E-state index contributed by atoms with van der Waals surface area (Å²) in [5.41, 5.74) is 8.74. The molecule has 3 N–H and O–H groups in total. The van der Waals surface area contributed by atoms with Crippen LogP contribution < -0.4 is 5.73 Å². The second-order valence-corrected chi connectivity index (χ2v) is 8.93. The fourth-order valence-corrected chi connectivity index (χ4v) is 4.55. The fourth-order valence-electron chi connectivity index (χ4n) is 4.55. The SMILES string of the molecule is Cc1cn(-c2ccc3c(c2)c(C(N)=O)nn3-c2cccc(CCC3(O)CCN(C)C3=O)c2)cn1. The highest BCUT2D eigenvalue weighted by atomic mass is 16.3. The molecule has 0 aliphatic carbocycles. The zero-order chi connectivity index (χ0) is 24.0. The molecule has 4 aromatic rings. The second kappa shape index (κ2) is 8.11. The van der Waals surface area contributed by atoms with E-state index < -0.39 is 11.5 Å². The van der Waals surface area contributed by atoms with Gasteiger partial charge in [0.05, 0.1) is 23.2 Å². The third-order valence-electron chi connectivity index (χ3n) is 6.49. The van der Waals surface area contributed by atoms with Crippen molar-refractivity contribution in [1.29, 1.82) is 0 Å². The number of nitrogens with zero attached hydrogens (tertiary/aromatic N) is 5. The molecule has 34 heavy (non-hydrogen) atoms. The first-order chi connectivity index (χ1) is 16.2. The number of aliphatic hydroxyl groups is 1. The molecule has 1 aliphatic heterocycles. The van der Waals surface area contributed by atoms with Crippen molar-refractivity contribution in [2.75, 3.05) is 13.6 Å². The van der Waals surface area contributed by atoms with E-state index in [0.29, 0.717) is 31.2 Å². The highest BCUT2D eigenvalue weighted by Gasteiger charge is 2.42. The Hall–Kier alpha value is -3.98. The summed E-state index contributed by atoms with van der Waals surface area (Å²) in [5.74, 6) is -0.832. The van der Waals surface area contributed by atoms with Crippen molar-refractivity contribution in [1.82, 2.24) is 24.2 Å². The summed E-state index contributed by atoms with van der Waals surface area (Å²) < 4.78 is 3.58. The van der Waals surface area contributed by atoms with Crippen LogP contribution >= 0.6 is 0 Å². The molecule has 9 nitrogen and oxygen atoms in total. The fraction of sp³-hybridized carbons (Fsp3) is 0.280. The third-order valence-corrected chi connectivity index (χ3v) is 6.49. The molecular weight excluding hydrogens is 432 g/mol. The number of aryl methyl sites for hydroxylation is 2. The number of carbonyl (C=O) groups excluding carboxylic acids is 2. The van der Waals surface area contributed by atoms with Crippen LogP contribution in [0.25, 0.3) is 22.3 Å². The number of carbonyl (C=O) groups is 2. The summed E-state index contributed by atoms with van der Waals surface area (Å²) in [4.78, 5) is 30.3. The van der Waals surface area contributed by atoms with Crippen molar-refractivity contribution in [3.8, 4) is 11.4 Å². The predicted octanol–water partition coefficient (Wildman–Crippen LogP) is 2.14. The van der Waals surface area contributed by atoms with Crippen LogP contribution in [0.15, 0.2) is 55.0 Å². The number of primary amides is 1. The molecule has 1 aliphatic rings. The standard InChI is InChI=1S/C25H26N6O3/c1-16-14-30(15-27-16)18-6-7-21-20(13-18)22(23(26)32)28-31(21)19-5-3-4-17(12-19)8-9-25(34)10-11-29(2)24(25)33/h3-7,12-15,34H,8-11H2,1-2H3,(H2,26,32). The zero-order valence-corrected chi connectivity index (χ0v) is 19.1. The number of likely N-dealkylation sites (N-methyl/N-ethyl adjacent to an activating group) is 1. The molecule has 5 rings (SSSR count). The molecule has 3 heterocycles. The molecule has 2 aromatic heterocycles. The number of rotatable bonds is 6.